The number of hydrogen-bond donors (Lipinski definition) is 2. The normalized spacial score (nSPS) is 23.8. The minimum absolute atomic E-state index is 0.0418. The summed E-state index contributed by atoms with van der Waals surface area (Å²) >= 11 is 0. The van der Waals surface area contributed by atoms with Crippen molar-refractivity contribution >= 4 is 12.1 Å². The van der Waals surface area contributed by atoms with Crippen LogP contribution >= 0.6 is 0 Å². The predicted octanol–water partition coefficient (Wildman–Crippen LogP) is 0.921. The molecule has 1 saturated heterocycles. The van der Waals surface area contributed by atoms with Gasteiger partial charge in [0, 0.05) is 12.6 Å². The lowest BCUT2D eigenvalue weighted by molar-refractivity contribution is -0.141. The van der Waals surface area contributed by atoms with E-state index in [9.17, 15) is 9.59 Å². The fraction of sp³-hybridized carbons (Fsp3) is 0.636. The molecule has 1 rings (SSSR count). The van der Waals surface area contributed by atoms with E-state index in [-0.39, 0.29) is 25.2 Å². The fourth-order valence-corrected chi connectivity index (χ4v) is 1.69. The Morgan fingerprint density at radius 3 is 3.00 bits per heavy atom. The van der Waals surface area contributed by atoms with Crippen LogP contribution in [0.25, 0.3) is 0 Å². The highest BCUT2D eigenvalue weighted by Crippen LogP contribution is 2.16. The SMILES string of the molecule is C=CCOC(=O)NC1CCOC(CC(=O)O)C1. The maximum absolute atomic E-state index is 11.3. The first-order valence-electron chi connectivity index (χ1n) is 5.49. The molecule has 2 atom stereocenters. The van der Waals surface area contributed by atoms with Crippen LogP contribution in [-0.2, 0) is 14.3 Å². The lowest BCUT2D eigenvalue weighted by atomic mass is 10.0. The van der Waals surface area contributed by atoms with Crippen LogP contribution in [0.15, 0.2) is 12.7 Å². The summed E-state index contributed by atoms with van der Waals surface area (Å²) in [7, 11) is 0. The molecule has 1 amide bonds. The molecule has 0 aromatic carbocycles. The van der Waals surface area contributed by atoms with Gasteiger partial charge in [0.2, 0.25) is 0 Å². The lowest BCUT2D eigenvalue weighted by Crippen LogP contribution is -2.42. The monoisotopic (exact) mass is 243 g/mol. The molecule has 0 saturated carbocycles. The highest BCUT2D eigenvalue weighted by molar-refractivity contribution is 5.68. The Balaban J connectivity index is 2.31. The van der Waals surface area contributed by atoms with Crippen LogP contribution in [0.3, 0.4) is 0 Å². The smallest absolute Gasteiger partial charge is 0.407 e. The molecule has 0 aromatic heterocycles. The van der Waals surface area contributed by atoms with Gasteiger partial charge in [0.25, 0.3) is 0 Å². The third kappa shape index (κ3) is 5.35. The van der Waals surface area contributed by atoms with Crippen LogP contribution in [0.5, 0.6) is 0 Å². The lowest BCUT2D eigenvalue weighted by Gasteiger charge is -2.28. The van der Waals surface area contributed by atoms with Crippen LogP contribution in [0, 0.1) is 0 Å². The van der Waals surface area contributed by atoms with Crippen molar-refractivity contribution in [3.05, 3.63) is 12.7 Å². The van der Waals surface area contributed by atoms with Gasteiger partial charge in [0.1, 0.15) is 6.61 Å². The zero-order chi connectivity index (χ0) is 12.7. The third-order valence-electron chi connectivity index (χ3n) is 2.42. The van der Waals surface area contributed by atoms with E-state index < -0.39 is 12.1 Å². The number of aliphatic carboxylic acids is 1. The minimum atomic E-state index is -0.898. The van der Waals surface area contributed by atoms with Crippen LogP contribution in [0.1, 0.15) is 19.3 Å². The van der Waals surface area contributed by atoms with Gasteiger partial charge in [0.05, 0.1) is 12.5 Å². The molecule has 1 aliphatic heterocycles. The first-order chi connectivity index (χ1) is 8.11. The Kier molecular flexibility index (Phi) is 5.48. The Bertz CT molecular complexity index is 292. The summed E-state index contributed by atoms with van der Waals surface area (Å²) in [5, 5.41) is 11.3. The minimum Gasteiger partial charge on any atom is -0.481 e. The van der Waals surface area contributed by atoms with Crippen molar-refractivity contribution in [3.8, 4) is 0 Å². The fourth-order valence-electron chi connectivity index (χ4n) is 1.69. The number of hydrogen-bond acceptors (Lipinski definition) is 4. The maximum atomic E-state index is 11.3. The first kappa shape index (κ1) is 13.5. The Labute approximate surface area is 99.6 Å². The number of nitrogens with one attached hydrogen (secondary N) is 1. The van der Waals surface area contributed by atoms with Crippen LogP contribution in [0.4, 0.5) is 4.79 Å². The second-order valence-electron chi connectivity index (χ2n) is 3.84. The number of carboxylic acid groups (broad SMARTS) is 1. The largest absolute Gasteiger partial charge is 0.481 e. The molecule has 6 heteroatoms. The number of amides is 1. The van der Waals surface area contributed by atoms with E-state index >= 15 is 0 Å². The van der Waals surface area contributed by atoms with Crippen molar-refractivity contribution in [1.82, 2.24) is 5.32 Å². The van der Waals surface area contributed by atoms with E-state index in [1.807, 2.05) is 0 Å². The Morgan fingerprint density at radius 1 is 1.59 bits per heavy atom. The number of carbonyl (C=O) groups is 2. The molecular weight excluding hydrogens is 226 g/mol. The number of alkyl carbamates (subject to hydrolysis) is 1. The van der Waals surface area contributed by atoms with E-state index in [1.165, 1.54) is 6.08 Å². The molecule has 17 heavy (non-hydrogen) atoms. The molecule has 0 spiro atoms. The molecule has 2 unspecified atom stereocenters. The van der Waals surface area contributed by atoms with Gasteiger partial charge in [-0.2, -0.15) is 0 Å². The van der Waals surface area contributed by atoms with Gasteiger partial charge in [-0.3, -0.25) is 4.79 Å². The van der Waals surface area contributed by atoms with Crippen LogP contribution < -0.4 is 5.32 Å². The molecule has 0 radical (unpaired) electrons. The number of carbonyl (C=O) groups excluding carboxylic acids is 1. The second-order valence-corrected chi connectivity index (χ2v) is 3.84. The first-order valence-corrected chi connectivity index (χ1v) is 5.49. The number of carboxylic acids is 1. The van der Waals surface area contributed by atoms with Crippen molar-refractivity contribution in [3.63, 3.8) is 0 Å². The standard InChI is InChI=1S/C11H17NO5/c1-2-4-17-11(15)12-8-3-5-16-9(6-8)7-10(13)14/h2,8-9H,1,3-7H2,(H,12,15)(H,13,14). The van der Waals surface area contributed by atoms with Crippen LogP contribution in [-0.4, -0.2) is 42.5 Å². The summed E-state index contributed by atoms with van der Waals surface area (Å²) in [6.45, 7) is 4.04. The zero-order valence-electron chi connectivity index (χ0n) is 9.55. The topological polar surface area (TPSA) is 84.9 Å². The molecule has 0 aromatic rings. The van der Waals surface area contributed by atoms with Gasteiger partial charge in [-0.1, -0.05) is 12.7 Å². The van der Waals surface area contributed by atoms with Gasteiger partial charge in [-0.15, -0.1) is 0 Å². The average Bonchev–Trinajstić information content (AvgIpc) is 2.26. The third-order valence-corrected chi connectivity index (χ3v) is 2.42. The highest BCUT2D eigenvalue weighted by Gasteiger charge is 2.25. The Morgan fingerprint density at radius 2 is 2.35 bits per heavy atom. The van der Waals surface area contributed by atoms with Crippen molar-refractivity contribution < 1.29 is 24.2 Å². The van der Waals surface area contributed by atoms with Gasteiger partial charge in [0.15, 0.2) is 0 Å². The summed E-state index contributed by atoms with van der Waals surface area (Å²) in [6.07, 6.45) is 1.75. The molecule has 1 fully saturated rings. The van der Waals surface area contributed by atoms with Gasteiger partial charge >= 0.3 is 12.1 Å². The maximum Gasteiger partial charge on any atom is 0.407 e. The molecular formula is C11H17NO5. The van der Waals surface area contributed by atoms with E-state index in [1.54, 1.807) is 0 Å². The average molecular weight is 243 g/mol. The van der Waals surface area contributed by atoms with Gasteiger partial charge < -0.3 is 19.9 Å². The van der Waals surface area contributed by atoms with Crippen molar-refractivity contribution in [2.24, 2.45) is 0 Å². The number of rotatable bonds is 5. The molecule has 0 bridgehead atoms. The van der Waals surface area contributed by atoms with Gasteiger partial charge in [-0.05, 0) is 12.8 Å². The van der Waals surface area contributed by atoms with Crippen molar-refractivity contribution in [2.45, 2.75) is 31.4 Å². The molecule has 96 valence electrons. The van der Waals surface area contributed by atoms with E-state index in [0.29, 0.717) is 19.4 Å². The summed E-state index contributed by atoms with van der Waals surface area (Å²) in [5.41, 5.74) is 0. The molecule has 0 aliphatic carbocycles. The van der Waals surface area contributed by atoms with E-state index in [4.69, 9.17) is 14.6 Å². The van der Waals surface area contributed by atoms with Crippen molar-refractivity contribution in [2.75, 3.05) is 13.2 Å². The zero-order valence-corrected chi connectivity index (χ0v) is 9.55. The summed E-state index contributed by atoms with van der Waals surface area (Å²) in [5.74, 6) is -0.898. The van der Waals surface area contributed by atoms with E-state index in [2.05, 4.69) is 11.9 Å². The highest BCUT2D eigenvalue weighted by atomic mass is 16.5. The Hall–Kier alpha value is -1.56. The molecule has 1 heterocycles. The summed E-state index contributed by atoms with van der Waals surface area (Å²) in [6, 6.07) is -0.0922. The molecule has 2 N–H and O–H groups in total. The number of ether oxygens (including phenoxy) is 2. The van der Waals surface area contributed by atoms with E-state index in [0.717, 1.165) is 0 Å². The quantitative estimate of drug-likeness (QED) is 0.701. The molecule has 1 aliphatic rings. The summed E-state index contributed by atoms with van der Waals surface area (Å²) < 4.78 is 10.1. The second kappa shape index (κ2) is 6.90. The molecule has 6 nitrogen and oxygen atoms in total. The summed E-state index contributed by atoms with van der Waals surface area (Å²) in [4.78, 5) is 21.8. The van der Waals surface area contributed by atoms with Crippen molar-refractivity contribution in [1.29, 1.82) is 0 Å². The van der Waals surface area contributed by atoms with Gasteiger partial charge in [-0.25, -0.2) is 4.79 Å². The van der Waals surface area contributed by atoms with Crippen LogP contribution in [0.2, 0.25) is 0 Å². The predicted molar refractivity (Wildman–Crippen MR) is 59.7 cm³/mol.